The molecule has 2 bridgehead atoms. The summed E-state index contributed by atoms with van der Waals surface area (Å²) in [5.41, 5.74) is 3.91. The number of halogens is 1. The number of allylic oxidation sites excluding steroid dienone is 1. The minimum Gasteiger partial charge on any atom is -0.357 e. The lowest BCUT2D eigenvalue weighted by Crippen LogP contribution is -2.52. The van der Waals surface area contributed by atoms with E-state index in [1.165, 1.54) is 25.7 Å². The van der Waals surface area contributed by atoms with Crippen LogP contribution in [-0.2, 0) is 11.2 Å². The van der Waals surface area contributed by atoms with Gasteiger partial charge in [-0.05, 0) is 54.0 Å². The molecule has 1 fully saturated rings. The highest BCUT2D eigenvalue weighted by Gasteiger charge is 2.43. The second-order valence-corrected chi connectivity index (χ2v) is 7.60. The van der Waals surface area contributed by atoms with Crippen molar-refractivity contribution in [3.63, 3.8) is 0 Å². The summed E-state index contributed by atoms with van der Waals surface area (Å²) in [4.78, 5) is 18.5. The number of Topliss-reactive ketones (excluding diaryl/α,β-unsaturated/α-hetero) is 1. The molecule has 22 heavy (non-hydrogen) atoms. The fraction of sp³-hybridized carbons (Fsp3) is 0.389. The molecule has 2 aliphatic rings. The minimum absolute atomic E-state index is 0.0511. The Bertz CT molecular complexity index is 776. The molecule has 114 valence electrons. The van der Waals surface area contributed by atoms with E-state index in [0.717, 1.165) is 19.4 Å². The summed E-state index contributed by atoms with van der Waals surface area (Å²) in [5.74, 6) is 0.410. The third kappa shape index (κ3) is 2.15. The van der Waals surface area contributed by atoms with Crippen LogP contribution in [0.2, 0.25) is 0 Å². The molecule has 1 aromatic carbocycles. The number of fused-ring (bicyclic) bond motifs is 6. The van der Waals surface area contributed by atoms with Gasteiger partial charge in [-0.1, -0.05) is 24.3 Å². The topological polar surface area (TPSA) is 36.1 Å². The molecule has 2 aliphatic heterocycles. The van der Waals surface area contributed by atoms with Crippen molar-refractivity contribution in [2.45, 2.75) is 38.3 Å². The molecule has 3 nitrogen and oxygen atoms in total. The Morgan fingerprint density at radius 3 is 3.05 bits per heavy atom. The number of carbonyl (C=O) groups is 1. The molecular weight excluding hydrogens is 387 g/mol. The molecule has 0 spiro atoms. The van der Waals surface area contributed by atoms with Gasteiger partial charge < -0.3 is 4.98 Å². The van der Waals surface area contributed by atoms with E-state index < -0.39 is 0 Å². The largest absolute Gasteiger partial charge is 0.357 e. The molecule has 0 radical (unpaired) electrons. The number of rotatable bonds is 2. The molecule has 0 unspecified atom stereocenters. The normalized spacial score (nSPS) is 25.5. The van der Waals surface area contributed by atoms with Crippen LogP contribution in [0.25, 0.3) is 10.9 Å². The molecule has 4 heteroatoms. The summed E-state index contributed by atoms with van der Waals surface area (Å²) in [7, 11) is 0. The lowest BCUT2D eigenvalue weighted by Gasteiger charge is -2.44. The standard InChI is InChI=1S/C18H19IN2O/c1-2-11(19)10-21-15-7-8-17(22)16(21)9-13-12-5-3-4-6-14(12)20-18(13)15/h2-6,15-16,20H,7-10H2,1H3/b11-2+/t15-,16-/m1/s1. The van der Waals surface area contributed by atoms with Crippen LogP contribution in [0.15, 0.2) is 33.9 Å². The Labute approximate surface area is 143 Å². The van der Waals surface area contributed by atoms with Crippen LogP contribution in [0.5, 0.6) is 0 Å². The molecule has 1 N–H and O–H groups in total. The Hall–Kier alpha value is -1.14. The van der Waals surface area contributed by atoms with Crippen LogP contribution in [0.4, 0.5) is 0 Å². The molecule has 2 aromatic rings. The SMILES string of the molecule is C/C=C(/I)CN1[C@@H]2Cc3c([nH]c4ccccc34)[C@H]1CCC2=O. The zero-order chi connectivity index (χ0) is 15.3. The first-order valence-electron chi connectivity index (χ1n) is 7.87. The Morgan fingerprint density at radius 2 is 2.23 bits per heavy atom. The van der Waals surface area contributed by atoms with Gasteiger partial charge in [0.05, 0.1) is 12.1 Å². The van der Waals surface area contributed by atoms with E-state index in [1.807, 2.05) is 0 Å². The average Bonchev–Trinajstić information content (AvgIpc) is 2.89. The van der Waals surface area contributed by atoms with Crippen molar-refractivity contribution in [2.75, 3.05) is 6.54 Å². The van der Waals surface area contributed by atoms with Gasteiger partial charge in [0.1, 0.15) is 5.78 Å². The van der Waals surface area contributed by atoms with Crippen LogP contribution < -0.4 is 0 Å². The maximum atomic E-state index is 12.5. The number of piperidine rings is 1. The first-order chi connectivity index (χ1) is 10.7. The van der Waals surface area contributed by atoms with Crippen molar-refractivity contribution in [3.05, 3.63) is 45.2 Å². The van der Waals surface area contributed by atoms with E-state index in [-0.39, 0.29) is 6.04 Å². The van der Waals surface area contributed by atoms with Crippen molar-refractivity contribution < 1.29 is 4.79 Å². The quantitative estimate of drug-likeness (QED) is 0.762. The first-order valence-corrected chi connectivity index (χ1v) is 8.95. The van der Waals surface area contributed by atoms with Gasteiger partial charge in [0.25, 0.3) is 0 Å². The number of hydrogen-bond donors (Lipinski definition) is 1. The predicted molar refractivity (Wildman–Crippen MR) is 97.3 cm³/mol. The fourth-order valence-electron chi connectivity index (χ4n) is 3.96. The lowest BCUT2D eigenvalue weighted by molar-refractivity contribution is -0.129. The van der Waals surface area contributed by atoms with Gasteiger partial charge in [-0.3, -0.25) is 9.69 Å². The highest BCUT2D eigenvalue weighted by atomic mass is 127. The number of nitrogens with zero attached hydrogens (tertiary/aromatic N) is 1. The first kappa shape index (κ1) is 14.5. The number of aromatic amines is 1. The molecule has 1 saturated heterocycles. The van der Waals surface area contributed by atoms with Gasteiger partial charge in [0.2, 0.25) is 0 Å². The van der Waals surface area contributed by atoms with Gasteiger partial charge in [-0.25, -0.2) is 0 Å². The van der Waals surface area contributed by atoms with Crippen molar-refractivity contribution in [2.24, 2.45) is 0 Å². The number of nitrogens with one attached hydrogen (secondary N) is 1. The van der Waals surface area contributed by atoms with Crippen LogP contribution in [0.3, 0.4) is 0 Å². The van der Waals surface area contributed by atoms with Gasteiger partial charge in [-0.2, -0.15) is 0 Å². The summed E-state index contributed by atoms with van der Waals surface area (Å²) in [6, 6.07) is 8.87. The van der Waals surface area contributed by atoms with Crippen LogP contribution >= 0.6 is 22.6 Å². The molecule has 3 heterocycles. The predicted octanol–water partition coefficient (Wildman–Crippen LogP) is 4.14. The molecule has 0 saturated carbocycles. The third-order valence-corrected chi connectivity index (χ3v) is 6.02. The van der Waals surface area contributed by atoms with Gasteiger partial charge in [-0.15, -0.1) is 0 Å². The van der Waals surface area contributed by atoms with Crippen molar-refractivity contribution in [1.29, 1.82) is 0 Å². The van der Waals surface area contributed by atoms with Crippen LogP contribution in [0, 0.1) is 0 Å². The summed E-state index contributed by atoms with van der Waals surface area (Å²) in [6.45, 7) is 2.95. The van der Waals surface area contributed by atoms with Crippen molar-refractivity contribution in [1.82, 2.24) is 9.88 Å². The number of hydrogen-bond acceptors (Lipinski definition) is 2. The van der Waals surface area contributed by atoms with E-state index >= 15 is 0 Å². The van der Waals surface area contributed by atoms with E-state index in [2.05, 4.69) is 69.7 Å². The van der Waals surface area contributed by atoms with Gasteiger partial charge >= 0.3 is 0 Å². The molecule has 4 rings (SSSR count). The van der Waals surface area contributed by atoms with Crippen LogP contribution in [0.1, 0.15) is 37.1 Å². The Morgan fingerprint density at radius 1 is 1.41 bits per heavy atom. The van der Waals surface area contributed by atoms with E-state index in [9.17, 15) is 4.79 Å². The van der Waals surface area contributed by atoms with Gasteiger partial charge in [0.15, 0.2) is 0 Å². The smallest absolute Gasteiger partial charge is 0.150 e. The number of ketones is 1. The lowest BCUT2D eigenvalue weighted by atomic mass is 9.82. The van der Waals surface area contributed by atoms with E-state index in [1.54, 1.807) is 0 Å². The maximum absolute atomic E-state index is 12.5. The number of para-hydroxylation sites is 1. The summed E-state index contributed by atoms with van der Waals surface area (Å²) in [5, 5.41) is 1.29. The highest BCUT2D eigenvalue weighted by Crippen LogP contribution is 2.43. The van der Waals surface area contributed by atoms with Crippen LogP contribution in [-0.4, -0.2) is 28.3 Å². The summed E-state index contributed by atoms with van der Waals surface area (Å²) in [6.07, 6.45) is 4.64. The Kier molecular flexibility index (Phi) is 3.61. The minimum atomic E-state index is 0.0511. The number of carbonyl (C=O) groups excluding carboxylic acids is 1. The summed E-state index contributed by atoms with van der Waals surface area (Å²) < 4.78 is 1.31. The van der Waals surface area contributed by atoms with E-state index in [0.29, 0.717) is 18.2 Å². The van der Waals surface area contributed by atoms with Crippen molar-refractivity contribution >= 4 is 39.3 Å². The molecule has 2 atom stereocenters. The monoisotopic (exact) mass is 406 g/mol. The highest BCUT2D eigenvalue weighted by molar-refractivity contribution is 14.1. The molecule has 0 amide bonds. The summed E-state index contributed by atoms with van der Waals surface area (Å²) >= 11 is 2.39. The zero-order valence-electron chi connectivity index (χ0n) is 12.6. The maximum Gasteiger partial charge on any atom is 0.150 e. The van der Waals surface area contributed by atoms with Crippen molar-refractivity contribution in [3.8, 4) is 0 Å². The van der Waals surface area contributed by atoms with Gasteiger partial charge in [0, 0.05) is 33.1 Å². The average molecular weight is 406 g/mol. The zero-order valence-corrected chi connectivity index (χ0v) is 14.8. The second-order valence-electron chi connectivity index (χ2n) is 6.21. The van der Waals surface area contributed by atoms with E-state index in [4.69, 9.17) is 0 Å². The molecular formula is C18H19IN2O. The number of benzene rings is 1. The number of H-pyrrole nitrogens is 1. The molecule has 0 aliphatic carbocycles. The second kappa shape index (κ2) is 5.49. The molecule has 1 aromatic heterocycles. The Balaban J connectivity index is 1.84. The third-order valence-electron chi connectivity index (χ3n) is 5.06. The fourth-order valence-corrected chi connectivity index (χ4v) is 4.35. The number of aromatic nitrogens is 1.